The fourth-order valence-corrected chi connectivity index (χ4v) is 2.14. The predicted octanol–water partition coefficient (Wildman–Crippen LogP) is 1.71. The van der Waals surface area contributed by atoms with Crippen molar-refractivity contribution in [2.24, 2.45) is 0 Å². The van der Waals surface area contributed by atoms with Gasteiger partial charge in [-0.1, -0.05) is 12.1 Å². The molecule has 1 aliphatic heterocycles. The van der Waals surface area contributed by atoms with Crippen molar-refractivity contribution >= 4 is 0 Å². The molecule has 0 fully saturated rings. The molecule has 2 aromatic rings. The number of hydrogen-bond acceptors (Lipinski definition) is 2. The lowest BCUT2D eigenvalue weighted by atomic mass is 10.0. The molecule has 1 aromatic carbocycles. The average molecular weight is 217 g/mol. The summed E-state index contributed by atoms with van der Waals surface area (Å²) in [4.78, 5) is 4.15. The summed E-state index contributed by atoms with van der Waals surface area (Å²) in [5.74, 6) is -0.201. The predicted molar refractivity (Wildman–Crippen MR) is 58.5 cm³/mol. The molecule has 0 radical (unpaired) electrons. The molecule has 1 aliphatic rings. The van der Waals surface area contributed by atoms with E-state index in [-0.39, 0.29) is 11.9 Å². The Kier molecular flexibility index (Phi) is 2.22. The molecule has 0 bridgehead atoms. The maximum atomic E-state index is 12.9. The van der Waals surface area contributed by atoms with E-state index in [9.17, 15) is 4.39 Å². The van der Waals surface area contributed by atoms with Gasteiger partial charge in [-0.3, -0.25) is 0 Å². The quantitative estimate of drug-likeness (QED) is 0.788. The van der Waals surface area contributed by atoms with Gasteiger partial charge < -0.3 is 9.88 Å². The molecule has 0 aliphatic carbocycles. The van der Waals surface area contributed by atoms with E-state index in [0.717, 1.165) is 24.3 Å². The van der Waals surface area contributed by atoms with E-state index in [1.807, 2.05) is 24.7 Å². The Morgan fingerprint density at radius 2 is 2.12 bits per heavy atom. The Labute approximate surface area is 92.9 Å². The highest BCUT2D eigenvalue weighted by molar-refractivity contribution is 5.28. The second-order valence-corrected chi connectivity index (χ2v) is 3.95. The van der Waals surface area contributed by atoms with Gasteiger partial charge in [0.05, 0.1) is 24.3 Å². The smallest absolute Gasteiger partial charge is 0.123 e. The second-order valence-electron chi connectivity index (χ2n) is 3.95. The SMILES string of the molecule is Fc1ccc(C2NCCn3cncc32)cc1. The summed E-state index contributed by atoms with van der Waals surface area (Å²) in [6.07, 6.45) is 3.70. The first-order valence-electron chi connectivity index (χ1n) is 5.33. The molecular formula is C12H12FN3. The topological polar surface area (TPSA) is 29.9 Å². The van der Waals surface area contributed by atoms with Gasteiger partial charge in [-0.25, -0.2) is 9.37 Å². The molecule has 0 saturated heterocycles. The first kappa shape index (κ1) is 9.54. The van der Waals surface area contributed by atoms with Crippen LogP contribution in [-0.4, -0.2) is 16.1 Å². The van der Waals surface area contributed by atoms with Gasteiger partial charge in [0.2, 0.25) is 0 Å². The molecule has 3 nitrogen and oxygen atoms in total. The van der Waals surface area contributed by atoms with E-state index >= 15 is 0 Å². The second kappa shape index (κ2) is 3.72. The molecule has 4 heteroatoms. The highest BCUT2D eigenvalue weighted by Gasteiger charge is 2.21. The van der Waals surface area contributed by atoms with Crippen molar-refractivity contribution < 1.29 is 4.39 Å². The van der Waals surface area contributed by atoms with E-state index in [2.05, 4.69) is 14.9 Å². The summed E-state index contributed by atoms with van der Waals surface area (Å²) in [5, 5.41) is 3.41. The van der Waals surface area contributed by atoms with E-state index in [1.165, 1.54) is 12.1 Å². The third-order valence-electron chi connectivity index (χ3n) is 2.94. The molecule has 1 atom stereocenters. The Balaban J connectivity index is 2.00. The van der Waals surface area contributed by atoms with Crippen LogP contribution in [0.25, 0.3) is 0 Å². The van der Waals surface area contributed by atoms with Crippen LogP contribution >= 0.6 is 0 Å². The monoisotopic (exact) mass is 217 g/mol. The normalized spacial score (nSPS) is 19.4. The van der Waals surface area contributed by atoms with Crippen LogP contribution in [0.15, 0.2) is 36.8 Å². The van der Waals surface area contributed by atoms with E-state index in [4.69, 9.17) is 0 Å². The minimum absolute atomic E-state index is 0.122. The first-order valence-corrected chi connectivity index (χ1v) is 5.33. The van der Waals surface area contributed by atoms with Gasteiger partial charge in [-0.05, 0) is 17.7 Å². The minimum atomic E-state index is -0.201. The number of aromatic nitrogens is 2. The fraction of sp³-hybridized carbons (Fsp3) is 0.250. The van der Waals surface area contributed by atoms with Crippen molar-refractivity contribution in [3.63, 3.8) is 0 Å². The van der Waals surface area contributed by atoms with Crippen LogP contribution in [0.2, 0.25) is 0 Å². The standard InChI is InChI=1S/C12H12FN3/c13-10-3-1-9(2-4-10)12-11-7-14-8-16(11)6-5-15-12/h1-4,7-8,12,15H,5-6H2. The van der Waals surface area contributed by atoms with Crippen molar-refractivity contribution in [2.45, 2.75) is 12.6 Å². The maximum absolute atomic E-state index is 12.9. The number of fused-ring (bicyclic) bond motifs is 1. The van der Waals surface area contributed by atoms with E-state index in [1.54, 1.807) is 0 Å². The molecular weight excluding hydrogens is 205 g/mol. The van der Waals surface area contributed by atoms with Crippen molar-refractivity contribution in [3.8, 4) is 0 Å². The van der Waals surface area contributed by atoms with Gasteiger partial charge >= 0.3 is 0 Å². The molecule has 16 heavy (non-hydrogen) atoms. The third kappa shape index (κ3) is 1.51. The zero-order chi connectivity index (χ0) is 11.0. The number of hydrogen-bond donors (Lipinski definition) is 1. The summed E-state index contributed by atoms with van der Waals surface area (Å²) in [5.41, 5.74) is 2.21. The molecule has 0 saturated carbocycles. The van der Waals surface area contributed by atoms with Crippen LogP contribution in [0.5, 0.6) is 0 Å². The Hall–Kier alpha value is -1.68. The summed E-state index contributed by atoms with van der Waals surface area (Å²) >= 11 is 0. The molecule has 1 unspecified atom stereocenters. The zero-order valence-electron chi connectivity index (χ0n) is 8.73. The average Bonchev–Trinajstić information content (AvgIpc) is 2.78. The highest BCUT2D eigenvalue weighted by atomic mass is 19.1. The number of nitrogens with one attached hydrogen (secondary N) is 1. The number of rotatable bonds is 1. The van der Waals surface area contributed by atoms with Crippen molar-refractivity contribution in [1.29, 1.82) is 0 Å². The number of halogens is 1. The van der Waals surface area contributed by atoms with Crippen LogP contribution in [0.1, 0.15) is 17.3 Å². The Morgan fingerprint density at radius 1 is 1.31 bits per heavy atom. The van der Waals surface area contributed by atoms with Crippen LogP contribution in [-0.2, 0) is 6.54 Å². The molecule has 82 valence electrons. The number of nitrogens with zero attached hydrogens (tertiary/aromatic N) is 2. The van der Waals surface area contributed by atoms with Crippen LogP contribution in [0, 0.1) is 5.82 Å². The summed E-state index contributed by atoms with van der Waals surface area (Å²) in [6.45, 7) is 1.85. The van der Waals surface area contributed by atoms with Crippen molar-refractivity contribution in [1.82, 2.24) is 14.9 Å². The number of imidazole rings is 1. The summed E-state index contributed by atoms with van der Waals surface area (Å²) in [7, 11) is 0. The van der Waals surface area contributed by atoms with Crippen LogP contribution in [0.4, 0.5) is 4.39 Å². The molecule has 1 aromatic heterocycles. The molecule has 3 rings (SSSR count). The van der Waals surface area contributed by atoms with Crippen molar-refractivity contribution in [3.05, 3.63) is 53.9 Å². The zero-order valence-corrected chi connectivity index (χ0v) is 8.73. The molecule has 0 amide bonds. The van der Waals surface area contributed by atoms with Gasteiger partial charge in [0.1, 0.15) is 5.82 Å². The summed E-state index contributed by atoms with van der Waals surface area (Å²) < 4.78 is 15.0. The lowest BCUT2D eigenvalue weighted by Crippen LogP contribution is -2.33. The summed E-state index contributed by atoms with van der Waals surface area (Å²) in [6, 6.07) is 6.74. The lowest BCUT2D eigenvalue weighted by molar-refractivity contribution is 0.466. The van der Waals surface area contributed by atoms with Crippen LogP contribution in [0.3, 0.4) is 0 Å². The minimum Gasteiger partial charge on any atom is -0.332 e. The first-order chi connectivity index (χ1) is 7.84. The molecule has 1 N–H and O–H groups in total. The number of benzene rings is 1. The molecule has 0 spiro atoms. The van der Waals surface area contributed by atoms with Crippen molar-refractivity contribution in [2.75, 3.05) is 6.54 Å². The highest BCUT2D eigenvalue weighted by Crippen LogP contribution is 2.24. The van der Waals surface area contributed by atoms with E-state index < -0.39 is 0 Å². The largest absolute Gasteiger partial charge is 0.332 e. The van der Waals surface area contributed by atoms with Gasteiger partial charge in [0, 0.05) is 13.1 Å². The fourth-order valence-electron chi connectivity index (χ4n) is 2.14. The molecule has 2 heterocycles. The van der Waals surface area contributed by atoms with Gasteiger partial charge in [-0.15, -0.1) is 0 Å². The lowest BCUT2D eigenvalue weighted by Gasteiger charge is -2.25. The van der Waals surface area contributed by atoms with E-state index in [0.29, 0.717) is 0 Å². The van der Waals surface area contributed by atoms with Gasteiger partial charge in [0.15, 0.2) is 0 Å². The van der Waals surface area contributed by atoms with Gasteiger partial charge in [-0.2, -0.15) is 0 Å². The maximum Gasteiger partial charge on any atom is 0.123 e. The van der Waals surface area contributed by atoms with Crippen LogP contribution < -0.4 is 5.32 Å². The third-order valence-corrected chi connectivity index (χ3v) is 2.94. The Morgan fingerprint density at radius 3 is 2.94 bits per heavy atom. The van der Waals surface area contributed by atoms with Gasteiger partial charge in [0.25, 0.3) is 0 Å². The Bertz CT molecular complexity index is 489.